The van der Waals surface area contributed by atoms with Crippen LogP contribution in [0.15, 0.2) is 12.3 Å². The van der Waals surface area contributed by atoms with Crippen LogP contribution in [0.3, 0.4) is 0 Å². The van der Waals surface area contributed by atoms with Crippen LogP contribution in [0.4, 0.5) is 0 Å². The number of ketones is 1. The summed E-state index contributed by atoms with van der Waals surface area (Å²) in [5.41, 5.74) is -0.641. The average molecular weight is 309 g/mol. The van der Waals surface area contributed by atoms with E-state index in [-0.39, 0.29) is 29.5 Å². The van der Waals surface area contributed by atoms with Gasteiger partial charge >= 0.3 is 5.97 Å². The third-order valence-electron chi connectivity index (χ3n) is 3.65. The van der Waals surface area contributed by atoms with Crippen molar-refractivity contribution in [1.29, 1.82) is 5.26 Å². The largest absolute Gasteiger partial charge is 0.478 e. The Bertz CT molecular complexity index is 607. The zero-order valence-electron chi connectivity index (χ0n) is 12.2. The summed E-state index contributed by atoms with van der Waals surface area (Å²) in [6, 6.07) is 3.47. The third kappa shape index (κ3) is 3.79. The molecule has 0 spiro atoms. The van der Waals surface area contributed by atoms with Gasteiger partial charge in [-0.25, -0.2) is 4.79 Å². The van der Waals surface area contributed by atoms with Crippen molar-refractivity contribution in [2.24, 2.45) is 11.3 Å². The van der Waals surface area contributed by atoms with E-state index in [2.05, 4.69) is 11.1 Å². The van der Waals surface area contributed by atoms with Crippen molar-refractivity contribution >= 4 is 23.4 Å². The van der Waals surface area contributed by atoms with Crippen molar-refractivity contribution in [1.82, 2.24) is 4.98 Å². The van der Waals surface area contributed by atoms with E-state index in [9.17, 15) is 20.0 Å². The monoisotopic (exact) mass is 308 g/mol. The molecule has 1 aromatic heterocycles. The summed E-state index contributed by atoms with van der Waals surface area (Å²) in [5.74, 6) is -1.61. The summed E-state index contributed by atoms with van der Waals surface area (Å²) in [6.07, 6.45) is 1.31. The highest BCUT2D eigenvalue weighted by Gasteiger charge is 2.33. The van der Waals surface area contributed by atoms with Crippen molar-refractivity contribution in [3.05, 3.63) is 29.1 Å². The van der Waals surface area contributed by atoms with Gasteiger partial charge in [-0.05, 0) is 24.5 Å². The molecule has 6 heteroatoms. The number of aromatic nitrogens is 1. The molecule has 0 fully saturated rings. The van der Waals surface area contributed by atoms with E-state index in [4.69, 9.17) is 11.6 Å². The number of nitriles is 1. The highest BCUT2D eigenvalue weighted by atomic mass is 35.5. The van der Waals surface area contributed by atoms with Crippen LogP contribution < -0.4 is 0 Å². The van der Waals surface area contributed by atoms with Crippen molar-refractivity contribution in [2.75, 3.05) is 0 Å². The molecule has 1 rings (SSSR count). The van der Waals surface area contributed by atoms with Gasteiger partial charge in [-0.3, -0.25) is 9.78 Å². The van der Waals surface area contributed by atoms with Crippen LogP contribution in [-0.4, -0.2) is 21.8 Å². The minimum Gasteiger partial charge on any atom is -0.478 e. The van der Waals surface area contributed by atoms with E-state index < -0.39 is 17.2 Å². The number of rotatable bonds is 6. The molecule has 0 radical (unpaired) electrons. The van der Waals surface area contributed by atoms with Gasteiger partial charge in [-0.2, -0.15) is 5.26 Å². The Morgan fingerprint density at radius 2 is 2.14 bits per heavy atom. The zero-order chi connectivity index (χ0) is 16.2. The quantitative estimate of drug-likeness (QED) is 0.643. The Kier molecular flexibility index (Phi) is 5.45. The number of Topliss-reactive ketones (excluding diaryl/α,β-unsaturated/α-hetero) is 1. The zero-order valence-corrected chi connectivity index (χ0v) is 12.9. The number of hydrogen-bond acceptors (Lipinski definition) is 4. The Morgan fingerprint density at radius 1 is 1.52 bits per heavy atom. The Labute approximate surface area is 128 Å². The van der Waals surface area contributed by atoms with E-state index in [0.29, 0.717) is 5.56 Å². The Balaban J connectivity index is 3.20. The standard InChI is InChI=1S/C15H17ClN2O3/c1-9(2)15(3,8-17)5-12(19)13-11(14(20)21)4-10(6-16)7-18-13/h4,7,9H,5-6H2,1-3H3,(H,20,21). The van der Waals surface area contributed by atoms with Crippen molar-refractivity contribution in [2.45, 2.75) is 33.1 Å². The summed E-state index contributed by atoms with van der Waals surface area (Å²) in [6.45, 7) is 5.38. The fourth-order valence-electron chi connectivity index (χ4n) is 1.76. The minimum atomic E-state index is -1.24. The second-order valence-electron chi connectivity index (χ2n) is 5.46. The number of alkyl halides is 1. The number of hydrogen-bond donors (Lipinski definition) is 1. The number of halogens is 1. The molecule has 1 atom stereocenters. The Hall–Kier alpha value is -1.93. The Morgan fingerprint density at radius 3 is 2.57 bits per heavy atom. The van der Waals surface area contributed by atoms with Crippen LogP contribution in [0, 0.1) is 22.7 Å². The van der Waals surface area contributed by atoms with Crippen molar-refractivity contribution in [3.8, 4) is 6.07 Å². The van der Waals surface area contributed by atoms with Gasteiger partial charge in [0.1, 0.15) is 5.69 Å². The van der Waals surface area contributed by atoms with Gasteiger partial charge in [0.15, 0.2) is 5.78 Å². The van der Waals surface area contributed by atoms with Gasteiger partial charge < -0.3 is 5.11 Å². The lowest BCUT2D eigenvalue weighted by molar-refractivity contribution is 0.0689. The lowest BCUT2D eigenvalue weighted by Crippen LogP contribution is -2.26. The predicted molar refractivity (Wildman–Crippen MR) is 78.3 cm³/mol. The summed E-state index contributed by atoms with van der Waals surface area (Å²) >= 11 is 5.65. The van der Waals surface area contributed by atoms with Crippen molar-refractivity contribution < 1.29 is 14.7 Å². The van der Waals surface area contributed by atoms with Gasteiger partial charge in [0.2, 0.25) is 0 Å². The summed E-state index contributed by atoms with van der Waals surface area (Å²) in [4.78, 5) is 27.5. The van der Waals surface area contributed by atoms with Gasteiger partial charge in [0.25, 0.3) is 0 Å². The molecule has 0 aliphatic heterocycles. The lowest BCUT2D eigenvalue weighted by atomic mass is 9.76. The molecule has 0 amide bonds. The molecule has 1 aromatic rings. The van der Waals surface area contributed by atoms with Crippen LogP contribution in [0.5, 0.6) is 0 Å². The molecule has 5 nitrogen and oxygen atoms in total. The molecule has 112 valence electrons. The van der Waals surface area contributed by atoms with Gasteiger partial charge in [0, 0.05) is 18.5 Å². The first-order valence-electron chi connectivity index (χ1n) is 6.47. The normalized spacial score (nSPS) is 13.5. The molecule has 1 unspecified atom stereocenters. The maximum atomic E-state index is 12.3. The molecule has 0 bridgehead atoms. The first kappa shape index (κ1) is 17.1. The topological polar surface area (TPSA) is 91.0 Å². The molecule has 0 saturated carbocycles. The van der Waals surface area contributed by atoms with Crippen LogP contribution >= 0.6 is 11.6 Å². The summed E-state index contributed by atoms with van der Waals surface area (Å²) in [7, 11) is 0. The number of carbonyl (C=O) groups is 2. The molecule has 21 heavy (non-hydrogen) atoms. The first-order valence-corrected chi connectivity index (χ1v) is 7.01. The van der Waals surface area contributed by atoms with Gasteiger partial charge in [-0.1, -0.05) is 13.8 Å². The number of carbonyl (C=O) groups excluding carboxylic acids is 1. The van der Waals surface area contributed by atoms with E-state index in [1.807, 2.05) is 13.8 Å². The second kappa shape index (κ2) is 6.68. The number of nitrogens with zero attached hydrogens (tertiary/aromatic N) is 2. The maximum Gasteiger partial charge on any atom is 0.338 e. The SMILES string of the molecule is CC(C)C(C)(C#N)CC(=O)c1ncc(CCl)cc1C(=O)O. The second-order valence-corrected chi connectivity index (χ2v) is 5.73. The highest BCUT2D eigenvalue weighted by molar-refractivity contribution is 6.17. The van der Waals surface area contributed by atoms with E-state index in [1.165, 1.54) is 12.3 Å². The molecule has 0 saturated heterocycles. The van der Waals surface area contributed by atoms with Crippen LogP contribution in [0.1, 0.15) is 53.6 Å². The van der Waals surface area contributed by atoms with Gasteiger partial charge in [-0.15, -0.1) is 11.6 Å². The third-order valence-corrected chi connectivity index (χ3v) is 3.96. The molecular weight excluding hydrogens is 292 g/mol. The predicted octanol–water partition coefficient (Wildman–Crippen LogP) is 3.28. The van der Waals surface area contributed by atoms with Gasteiger partial charge in [0.05, 0.1) is 17.0 Å². The van der Waals surface area contributed by atoms with Crippen LogP contribution in [-0.2, 0) is 5.88 Å². The molecule has 0 aliphatic carbocycles. The lowest BCUT2D eigenvalue weighted by Gasteiger charge is -2.25. The number of aromatic carboxylic acids is 1. The smallest absolute Gasteiger partial charge is 0.338 e. The van der Waals surface area contributed by atoms with E-state index in [0.717, 1.165) is 0 Å². The number of pyridine rings is 1. The molecule has 1 heterocycles. The summed E-state index contributed by atoms with van der Waals surface area (Å²) in [5, 5.41) is 18.5. The van der Waals surface area contributed by atoms with Crippen LogP contribution in [0.2, 0.25) is 0 Å². The maximum absolute atomic E-state index is 12.3. The molecule has 0 aromatic carbocycles. The van der Waals surface area contributed by atoms with E-state index >= 15 is 0 Å². The molecular formula is C15H17ClN2O3. The fraction of sp³-hybridized carbons (Fsp3) is 0.467. The first-order chi connectivity index (χ1) is 9.75. The minimum absolute atomic E-state index is 0.0400. The fourth-order valence-corrected chi connectivity index (χ4v) is 1.90. The molecule has 1 N–H and O–H groups in total. The number of carboxylic acids is 1. The molecule has 0 aliphatic rings. The highest BCUT2D eigenvalue weighted by Crippen LogP contribution is 2.31. The van der Waals surface area contributed by atoms with Crippen LogP contribution in [0.25, 0.3) is 0 Å². The van der Waals surface area contributed by atoms with Crippen molar-refractivity contribution in [3.63, 3.8) is 0 Å². The summed E-state index contributed by atoms with van der Waals surface area (Å²) < 4.78 is 0. The van der Waals surface area contributed by atoms with E-state index in [1.54, 1.807) is 6.92 Å². The number of carboxylic acid groups (broad SMARTS) is 1. The average Bonchev–Trinajstić information content (AvgIpc) is 2.45.